The maximum atomic E-state index is 12.0. The summed E-state index contributed by atoms with van der Waals surface area (Å²) in [5, 5.41) is 5.78. The monoisotopic (exact) mass is 395 g/mol. The van der Waals surface area contributed by atoms with E-state index in [1.807, 2.05) is 43.5 Å². The molecule has 0 unspecified atom stereocenters. The van der Waals surface area contributed by atoms with Gasteiger partial charge in [-0.15, -0.1) is 11.3 Å². The molecule has 0 radical (unpaired) electrons. The Balaban J connectivity index is 1.62. The highest BCUT2D eigenvalue weighted by Gasteiger charge is 2.29. The molecule has 0 spiro atoms. The second-order valence-corrected chi connectivity index (χ2v) is 7.86. The van der Waals surface area contributed by atoms with Gasteiger partial charge in [0.2, 0.25) is 5.91 Å². The molecular weight excluding hydrogens is 374 g/mol. The minimum atomic E-state index is -0.355. The number of rotatable bonds is 5. The molecule has 1 aliphatic carbocycles. The van der Waals surface area contributed by atoms with Crippen molar-refractivity contribution in [3.8, 4) is 22.0 Å². The molecule has 4 rings (SSSR count). The van der Waals surface area contributed by atoms with E-state index in [9.17, 15) is 9.59 Å². The topological polar surface area (TPSA) is 84.1 Å². The summed E-state index contributed by atoms with van der Waals surface area (Å²) in [7, 11) is 1.38. The zero-order valence-electron chi connectivity index (χ0n) is 16.0. The number of hydrogen-bond donors (Lipinski definition) is 2. The second kappa shape index (κ2) is 7.24. The van der Waals surface area contributed by atoms with Crippen molar-refractivity contribution < 1.29 is 14.3 Å². The van der Waals surface area contributed by atoms with Crippen LogP contribution in [-0.4, -0.2) is 29.0 Å². The molecule has 1 aliphatic rings. The Kier molecular flexibility index (Phi) is 4.77. The average molecular weight is 395 g/mol. The number of aryl methyl sites for hydroxylation is 1. The van der Waals surface area contributed by atoms with E-state index in [0.29, 0.717) is 5.56 Å². The number of anilines is 1. The number of thiazole rings is 1. The number of amides is 1. The molecule has 2 aromatic heterocycles. The van der Waals surface area contributed by atoms with Gasteiger partial charge in [-0.2, -0.15) is 0 Å². The summed E-state index contributed by atoms with van der Waals surface area (Å²) in [5.74, 6) is -0.102. The number of nitrogens with zero attached hydrogens (tertiary/aromatic N) is 1. The maximum Gasteiger partial charge on any atom is 0.339 e. The van der Waals surface area contributed by atoms with Crippen molar-refractivity contribution in [3.63, 3.8) is 0 Å². The molecular formula is C21H21N3O3S. The summed E-state index contributed by atoms with van der Waals surface area (Å²) < 4.78 is 4.88. The molecule has 7 heteroatoms. The highest BCUT2D eigenvalue weighted by Crippen LogP contribution is 2.34. The summed E-state index contributed by atoms with van der Waals surface area (Å²) in [6.07, 6.45) is 1.95. The van der Waals surface area contributed by atoms with Crippen LogP contribution < -0.4 is 5.32 Å². The number of H-pyrrole nitrogens is 1. The van der Waals surface area contributed by atoms with Gasteiger partial charge in [0, 0.05) is 28.2 Å². The van der Waals surface area contributed by atoms with E-state index in [1.165, 1.54) is 18.4 Å². The van der Waals surface area contributed by atoms with E-state index in [0.717, 1.165) is 51.7 Å². The summed E-state index contributed by atoms with van der Waals surface area (Å²) in [4.78, 5) is 32.0. The lowest BCUT2D eigenvalue weighted by atomic mass is 10.1. The van der Waals surface area contributed by atoms with Gasteiger partial charge in [-0.3, -0.25) is 4.79 Å². The van der Waals surface area contributed by atoms with Crippen molar-refractivity contribution >= 4 is 28.9 Å². The van der Waals surface area contributed by atoms with E-state index >= 15 is 0 Å². The Labute approximate surface area is 167 Å². The number of carbonyl (C=O) groups is 2. The molecule has 6 nitrogen and oxygen atoms in total. The van der Waals surface area contributed by atoms with Gasteiger partial charge in [0.25, 0.3) is 0 Å². The van der Waals surface area contributed by atoms with Crippen LogP contribution in [-0.2, 0) is 9.53 Å². The SMILES string of the molecule is COC(=O)c1c(C)[nH]c(-c2csc(-c3cccc(NC(=O)C4CC4)c3)n2)c1C. The molecule has 1 fully saturated rings. The number of ether oxygens (including phenoxy) is 1. The van der Waals surface area contributed by atoms with Crippen LogP contribution in [0.5, 0.6) is 0 Å². The number of esters is 1. The van der Waals surface area contributed by atoms with Gasteiger partial charge in [-0.05, 0) is 44.4 Å². The van der Waals surface area contributed by atoms with Crippen molar-refractivity contribution in [2.75, 3.05) is 12.4 Å². The molecule has 1 amide bonds. The minimum absolute atomic E-state index is 0.0878. The first-order valence-corrected chi connectivity index (χ1v) is 10.0. The quantitative estimate of drug-likeness (QED) is 0.621. The Morgan fingerprint density at radius 2 is 2.07 bits per heavy atom. The fourth-order valence-corrected chi connectivity index (χ4v) is 4.06. The average Bonchev–Trinajstić information content (AvgIpc) is 3.35. The van der Waals surface area contributed by atoms with Crippen LogP contribution in [0.2, 0.25) is 0 Å². The van der Waals surface area contributed by atoms with E-state index in [1.54, 1.807) is 0 Å². The predicted molar refractivity (Wildman–Crippen MR) is 110 cm³/mol. The Morgan fingerprint density at radius 3 is 2.79 bits per heavy atom. The third-order valence-electron chi connectivity index (χ3n) is 4.91. The van der Waals surface area contributed by atoms with Crippen molar-refractivity contribution in [2.24, 2.45) is 5.92 Å². The van der Waals surface area contributed by atoms with Gasteiger partial charge >= 0.3 is 5.97 Å². The molecule has 0 atom stereocenters. The van der Waals surface area contributed by atoms with E-state index in [4.69, 9.17) is 9.72 Å². The molecule has 0 saturated heterocycles. The highest BCUT2D eigenvalue weighted by atomic mass is 32.1. The number of carbonyl (C=O) groups excluding carboxylic acids is 2. The van der Waals surface area contributed by atoms with Gasteiger partial charge < -0.3 is 15.0 Å². The summed E-state index contributed by atoms with van der Waals surface area (Å²) in [6, 6.07) is 7.72. The predicted octanol–water partition coefficient (Wildman–Crippen LogP) is 4.56. The normalized spacial score (nSPS) is 13.4. The smallest absolute Gasteiger partial charge is 0.339 e. The van der Waals surface area contributed by atoms with Gasteiger partial charge in [0.15, 0.2) is 0 Å². The van der Waals surface area contributed by atoms with Gasteiger partial charge in [-0.25, -0.2) is 9.78 Å². The lowest BCUT2D eigenvalue weighted by molar-refractivity contribution is -0.117. The third-order valence-corrected chi connectivity index (χ3v) is 5.80. The van der Waals surface area contributed by atoms with Crippen molar-refractivity contribution in [1.82, 2.24) is 9.97 Å². The van der Waals surface area contributed by atoms with Crippen LogP contribution in [0.15, 0.2) is 29.6 Å². The van der Waals surface area contributed by atoms with E-state index < -0.39 is 0 Å². The maximum absolute atomic E-state index is 12.0. The second-order valence-electron chi connectivity index (χ2n) is 7.00. The van der Waals surface area contributed by atoms with Crippen LogP contribution in [0.25, 0.3) is 22.0 Å². The van der Waals surface area contributed by atoms with Gasteiger partial charge in [0.05, 0.1) is 24.1 Å². The van der Waals surface area contributed by atoms with Crippen molar-refractivity contribution in [3.05, 3.63) is 46.5 Å². The minimum Gasteiger partial charge on any atom is -0.465 e. The number of nitrogens with one attached hydrogen (secondary N) is 2. The Morgan fingerprint density at radius 1 is 1.29 bits per heavy atom. The van der Waals surface area contributed by atoms with Gasteiger partial charge in [0.1, 0.15) is 5.01 Å². The zero-order valence-corrected chi connectivity index (χ0v) is 16.8. The molecule has 2 heterocycles. The third kappa shape index (κ3) is 3.45. The zero-order chi connectivity index (χ0) is 19.8. The number of methoxy groups -OCH3 is 1. The largest absolute Gasteiger partial charge is 0.465 e. The molecule has 0 bridgehead atoms. The fraction of sp³-hybridized carbons (Fsp3) is 0.286. The molecule has 1 saturated carbocycles. The van der Waals surface area contributed by atoms with Gasteiger partial charge in [-0.1, -0.05) is 12.1 Å². The molecule has 28 heavy (non-hydrogen) atoms. The first kappa shape index (κ1) is 18.4. The van der Waals surface area contributed by atoms with E-state index in [-0.39, 0.29) is 17.8 Å². The Bertz CT molecular complexity index is 1060. The standard InChI is InChI=1S/C21H21N3O3S/c1-11-17(21(26)27-3)12(2)22-18(11)16-10-28-20(24-16)14-5-4-6-15(9-14)23-19(25)13-7-8-13/h4-6,9-10,13,22H,7-8H2,1-3H3,(H,23,25). The molecule has 0 aliphatic heterocycles. The van der Waals surface area contributed by atoms with Crippen molar-refractivity contribution in [1.29, 1.82) is 0 Å². The molecule has 1 aromatic carbocycles. The van der Waals surface area contributed by atoms with E-state index in [2.05, 4.69) is 10.3 Å². The van der Waals surface area contributed by atoms with Crippen molar-refractivity contribution in [2.45, 2.75) is 26.7 Å². The van der Waals surface area contributed by atoms with Crippen LogP contribution in [0.4, 0.5) is 5.69 Å². The number of aromatic nitrogens is 2. The first-order chi connectivity index (χ1) is 13.5. The van der Waals surface area contributed by atoms with Crippen LogP contribution in [0, 0.1) is 19.8 Å². The fourth-order valence-electron chi connectivity index (χ4n) is 3.26. The highest BCUT2D eigenvalue weighted by molar-refractivity contribution is 7.13. The van der Waals surface area contributed by atoms with Crippen LogP contribution >= 0.6 is 11.3 Å². The number of hydrogen-bond acceptors (Lipinski definition) is 5. The lowest BCUT2D eigenvalue weighted by Crippen LogP contribution is -2.13. The molecule has 2 N–H and O–H groups in total. The molecule has 144 valence electrons. The molecule has 3 aromatic rings. The Hall–Kier alpha value is -2.93. The first-order valence-electron chi connectivity index (χ1n) is 9.12. The summed E-state index contributed by atoms with van der Waals surface area (Å²) in [6.45, 7) is 3.74. The van der Waals surface area contributed by atoms with Crippen LogP contribution in [0.1, 0.15) is 34.5 Å². The summed E-state index contributed by atoms with van der Waals surface area (Å²) >= 11 is 1.52. The lowest BCUT2D eigenvalue weighted by Gasteiger charge is -2.05. The number of aromatic amines is 1. The number of benzene rings is 1. The van der Waals surface area contributed by atoms with Crippen LogP contribution in [0.3, 0.4) is 0 Å². The summed E-state index contributed by atoms with van der Waals surface area (Å²) in [5.41, 5.74) is 5.47.